The zero-order valence-electron chi connectivity index (χ0n) is 6.56. The third-order valence-electron chi connectivity index (χ3n) is 1.62. The minimum absolute atomic E-state index is 0. The third-order valence-corrected chi connectivity index (χ3v) is 2.44. The first-order valence-corrected chi connectivity index (χ1v) is 4.03. The number of aromatic nitrogens is 1. The lowest BCUT2D eigenvalue weighted by Crippen LogP contribution is -2.17. The average Bonchev–Trinajstić information content (AvgIpc) is 1.99. The number of nitrogens with two attached hydrogens (primary N) is 1. The largest absolute Gasteiger partial charge is 0.328 e. The quantitative estimate of drug-likeness (QED) is 0.825. The van der Waals surface area contributed by atoms with E-state index in [2.05, 4.69) is 20.9 Å². The Bertz CT molecular complexity index is 322. The fraction of sp³-hybridized carbons (Fsp3) is 0.286. The van der Waals surface area contributed by atoms with Gasteiger partial charge in [-0.25, -0.2) is 0 Å². The lowest BCUT2D eigenvalue weighted by atomic mass is 10.1. The summed E-state index contributed by atoms with van der Waals surface area (Å²) in [4.78, 5) is 13.6. The summed E-state index contributed by atoms with van der Waals surface area (Å²) in [5, 5.41) is 0. The van der Waals surface area contributed by atoms with Crippen molar-refractivity contribution in [3.63, 3.8) is 0 Å². The van der Waals surface area contributed by atoms with Crippen molar-refractivity contribution in [2.75, 3.05) is 0 Å². The number of aromatic amines is 1. The van der Waals surface area contributed by atoms with E-state index >= 15 is 0 Å². The number of halogens is 2. The van der Waals surface area contributed by atoms with Crippen LogP contribution in [0.1, 0.15) is 11.1 Å². The van der Waals surface area contributed by atoms with Crippen molar-refractivity contribution in [1.82, 2.24) is 4.98 Å². The Kier molecular flexibility index (Phi) is 4.74. The summed E-state index contributed by atoms with van der Waals surface area (Å²) in [5.41, 5.74) is 6.83. The number of hydrogen-bond donors (Lipinski definition) is 2. The van der Waals surface area contributed by atoms with E-state index in [1.807, 2.05) is 6.92 Å². The van der Waals surface area contributed by atoms with Crippen molar-refractivity contribution >= 4 is 32.9 Å². The SMILES string of the molecule is Br.Cc1c(Br)c[nH]c(=O)c1CN. The number of pyridine rings is 1. The van der Waals surface area contributed by atoms with Crippen molar-refractivity contribution in [1.29, 1.82) is 0 Å². The molecular weight excluding hydrogens is 288 g/mol. The minimum atomic E-state index is -0.104. The molecule has 0 aliphatic carbocycles. The Morgan fingerprint density at radius 3 is 2.67 bits per heavy atom. The summed E-state index contributed by atoms with van der Waals surface area (Å²) in [5.74, 6) is 0. The van der Waals surface area contributed by atoms with Crippen molar-refractivity contribution in [2.45, 2.75) is 13.5 Å². The Morgan fingerprint density at radius 2 is 2.25 bits per heavy atom. The van der Waals surface area contributed by atoms with E-state index < -0.39 is 0 Å². The van der Waals surface area contributed by atoms with Gasteiger partial charge in [-0.1, -0.05) is 0 Å². The van der Waals surface area contributed by atoms with Crippen molar-refractivity contribution in [3.05, 3.63) is 32.2 Å². The lowest BCUT2D eigenvalue weighted by Gasteiger charge is -2.02. The maximum atomic E-state index is 11.1. The van der Waals surface area contributed by atoms with Gasteiger partial charge in [0.25, 0.3) is 5.56 Å². The maximum absolute atomic E-state index is 11.1. The molecule has 0 fully saturated rings. The van der Waals surface area contributed by atoms with Crippen molar-refractivity contribution in [3.8, 4) is 0 Å². The lowest BCUT2D eigenvalue weighted by molar-refractivity contribution is 0.987. The van der Waals surface area contributed by atoms with Crippen LogP contribution in [0.2, 0.25) is 0 Å². The molecule has 1 heterocycles. The van der Waals surface area contributed by atoms with E-state index in [0.29, 0.717) is 5.56 Å². The van der Waals surface area contributed by atoms with Gasteiger partial charge in [-0.2, -0.15) is 0 Å². The van der Waals surface area contributed by atoms with Gasteiger partial charge < -0.3 is 10.7 Å². The van der Waals surface area contributed by atoms with Gasteiger partial charge >= 0.3 is 0 Å². The maximum Gasteiger partial charge on any atom is 0.252 e. The molecule has 0 aromatic carbocycles. The highest BCUT2D eigenvalue weighted by Gasteiger charge is 2.03. The van der Waals surface area contributed by atoms with Crippen LogP contribution in [-0.2, 0) is 6.54 Å². The van der Waals surface area contributed by atoms with Crippen LogP contribution in [-0.4, -0.2) is 4.98 Å². The second kappa shape index (κ2) is 4.79. The van der Waals surface area contributed by atoms with Gasteiger partial charge in [-0.15, -0.1) is 17.0 Å². The summed E-state index contributed by atoms with van der Waals surface area (Å²) in [7, 11) is 0. The fourth-order valence-corrected chi connectivity index (χ4v) is 1.24. The highest BCUT2D eigenvalue weighted by molar-refractivity contribution is 9.10. The minimum Gasteiger partial charge on any atom is -0.328 e. The molecule has 3 N–H and O–H groups in total. The van der Waals surface area contributed by atoms with Gasteiger partial charge in [0.05, 0.1) is 0 Å². The Labute approximate surface area is 89.3 Å². The Balaban J connectivity index is 0.00000121. The zero-order valence-corrected chi connectivity index (χ0v) is 9.86. The third kappa shape index (κ3) is 2.18. The highest BCUT2D eigenvalue weighted by atomic mass is 79.9. The van der Waals surface area contributed by atoms with Gasteiger partial charge in [0.2, 0.25) is 0 Å². The standard InChI is InChI=1S/C7H9BrN2O.BrH/c1-4-5(2-9)7(11)10-3-6(4)8;/h3H,2,9H2,1H3,(H,10,11);1H. The van der Waals surface area contributed by atoms with Crippen molar-refractivity contribution < 1.29 is 0 Å². The summed E-state index contributed by atoms with van der Waals surface area (Å²) in [6.45, 7) is 2.14. The summed E-state index contributed by atoms with van der Waals surface area (Å²) in [6.07, 6.45) is 1.62. The van der Waals surface area contributed by atoms with Crippen molar-refractivity contribution in [2.24, 2.45) is 5.73 Å². The number of H-pyrrole nitrogens is 1. The van der Waals surface area contributed by atoms with E-state index in [-0.39, 0.29) is 29.1 Å². The molecule has 0 radical (unpaired) electrons. The van der Waals surface area contributed by atoms with Gasteiger partial charge in [-0.05, 0) is 28.4 Å². The summed E-state index contributed by atoms with van der Waals surface area (Å²) < 4.78 is 0.887. The van der Waals surface area contributed by atoms with Gasteiger partial charge in [0, 0.05) is 22.8 Å². The molecule has 0 amide bonds. The van der Waals surface area contributed by atoms with Crippen LogP contribution in [0, 0.1) is 6.92 Å². The molecule has 0 bridgehead atoms. The fourth-order valence-electron chi connectivity index (χ4n) is 0.885. The van der Waals surface area contributed by atoms with Gasteiger partial charge in [0.1, 0.15) is 0 Å². The van der Waals surface area contributed by atoms with Crippen LogP contribution >= 0.6 is 32.9 Å². The van der Waals surface area contributed by atoms with Gasteiger partial charge in [0.15, 0.2) is 0 Å². The molecule has 0 saturated heterocycles. The molecular formula is C7H10Br2N2O. The highest BCUT2D eigenvalue weighted by Crippen LogP contribution is 2.14. The van der Waals surface area contributed by atoms with Crippen LogP contribution in [0.4, 0.5) is 0 Å². The molecule has 0 atom stereocenters. The Hall–Kier alpha value is -0.130. The molecule has 0 unspecified atom stereocenters. The second-order valence-electron chi connectivity index (χ2n) is 2.27. The van der Waals surface area contributed by atoms with E-state index in [1.54, 1.807) is 6.20 Å². The molecule has 1 aromatic rings. The van der Waals surface area contributed by atoms with Crippen LogP contribution in [0.25, 0.3) is 0 Å². The number of hydrogen-bond acceptors (Lipinski definition) is 2. The first-order chi connectivity index (χ1) is 5.16. The molecule has 12 heavy (non-hydrogen) atoms. The molecule has 1 rings (SSSR count). The first kappa shape index (κ1) is 11.9. The first-order valence-electron chi connectivity index (χ1n) is 3.23. The van der Waals surface area contributed by atoms with E-state index in [0.717, 1.165) is 10.0 Å². The smallest absolute Gasteiger partial charge is 0.252 e. The van der Waals surface area contributed by atoms with E-state index in [1.165, 1.54) is 0 Å². The normalized spacial score (nSPS) is 9.25. The van der Waals surface area contributed by atoms with Crippen LogP contribution in [0.5, 0.6) is 0 Å². The number of rotatable bonds is 1. The predicted molar refractivity (Wildman–Crippen MR) is 57.7 cm³/mol. The van der Waals surface area contributed by atoms with Crippen LogP contribution in [0.3, 0.4) is 0 Å². The molecule has 3 nitrogen and oxygen atoms in total. The molecule has 0 saturated carbocycles. The zero-order chi connectivity index (χ0) is 8.43. The monoisotopic (exact) mass is 296 g/mol. The van der Waals surface area contributed by atoms with Crippen LogP contribution in [0.15, 0.2) is 15.5 Å². The summed E-state index contributed by atoms with van der Waals surface area (Å²) >= 11 is 3.30. The van der Waals surface area contributed by atoms with Crippen LogP contribution < -0.4 is 11.3 Å². The van der Waals surface area contributed by atoms with E-state index in [9.17, 15) is 4.79 Å². The number of nitrogens with one attached hydrogen (secondary N) is 1. The molecule has 0 spiro atoms. The van der Waals surface area contributed by atoms with E-state index in [4.69, 9.17) is 5.73 Å². The predicted octanol–water partition coefficient (Wildman–Crippen LogP) is 1.48. The topological polar surface area (TPSA) is 58.9 Å². The molecule has 0 aliphatic rings. The molecule has 68 valence electrons. The molecule has 1 aromatic heterocycles. The summed E-state index contributed by atoms with van der Waals surface area (Å²) in [6, 6.07) is 0. The second-order valence-corrected chi connectivity index (χ2v) is 3.13. The molecule has 0 aliphatic heterocycles. The molecule has 5 heteroatoms. The average molecular weight is 298 g/mol. The Morgan fingerprint density at radius 1 is 1.67 bits per heavy atom. The van der Waals surface area contributed by atoms with Gasteiger partial charge in [-0.3, -0.25) is 4.79 Å².